The Balaban J connectivity index is 2.26. The van der Waals surface area contributed by atoms with Crippen LogP contribution in [0.25, 0.3) is 17.0 Å². The number of hydrogen-bond donors (Lipinski definition) is 0. The third-order valence-corrected chi connectivity index (χ3v) is 2.49. The van der Waals surface area contributed by atoms with E-state index in [1.807, 2.05) is 29.0 Å². The molecule has 0 saturated carbocycles. The molecule has 0 atom stereocenters. The summed E-state index contributed by atoms with van der Waals surface area (Å²) in [6.07, 6.45) is 5.27. The van der Waals surface area contributed by atoms with E-state index >= 15 is 0 Å². The van der Waals surface area contributed by atoms with Gasteiger partial charge >= 0.3 is 0 Å². The molecule has 0 bridgehead atoms. The molecule has 3 aromatic rings. The topological polar surface area (TPSA) is 43.6 Å². The highest BCUT2D eigenvalue weighted by molar-refractivity contribution is 6.29. The van der Waals surface area contributed by atoms with Crippen LogP contribution in [0.2, 0.25) is 5.15 Å². The second kappa shape index (κ2) is 3.57. The van der Waals surface area contributed by atoms with Gasteiger partial charge in [-0.25, -0.2) is 9.97 Å². The van der Waals surface area contributed by atoms with E-state index < -0.39 is 0 Å². The van der Waals surface area contributed by atoms with Gasteiger partial charge in [-0.1, -0.05) is 11.6 Å². The highest BCUT2D eigenvalue weighted by Crippen LogP contribution is 2.16. The van der Waals surface area contributed by atoms with Crippen molar-refractivity contribution in [1.82, 2.24) is 19.5 Å². The Morgan fingerprint density at radius 2 is 2.00 bits per heavy atom. The van der Waals surface area contributed by atoms with Gasteiger partial charge < -0.3 is 0 Å². The first-order chi connectivity index (χ1) is 7.84. The third kappa shape index (κ3) is 1.44. The summed E-state index contributed by atoms with van der Waals surface area (Å²) in [4.78, 5) is 12.6. The van der Waals surface area contributed by atoms with Gasteiger partial charge in [0.05, 0.1) is 11.0 Å². The van der Waals surface area contributed by atoms with Crippen LogP contribution in [0.3, 0.4) is 0 Å². The lowest BCUT2D eigenvalue weighted by molar-refractivity contribution is 0.962. The summed E-state index contributed by atoms with van der Waals surface area (Å²) < 4.78 is 1.86. The highest BCUT2D eigenvalue weighted by atomic mass is 35.5. The summed E-state index contributed by atoms with van der Waals surface area (Å²) in [5, 5.41) is 0.427. The number of fused-ring (bicyclic) bond motifs is 1. The van der Waals surface area contributed by atoms with E-state index in [1.54, 1.807) is 18.5 Å². The van der Waals surface area contributed by atoms with Crippen molar-refractivity contribution in [2.45, 2.75) is 0 Å². The van der Waals surface area contributed by atoms with Gasteiger partial charge in [0.25, 0.3) is 0 Å². The molecule has 4 nitrogen and oxygen atoms in total. The van der Waals surface area contributed by atoms with Gasteiger partial charge in [-0.2, -0.15) is 0 Å². The van der Waals surface area contributed by atoms with Crippen LogP contribution in [0, 0.1) is 0 Å². The first kappa shape index (κ1) is 9.30. The minimum atomic E-state index is 0.427. The van der Waals surface area contributed by atoms with Crippen LogP contribution in [0.1, 0.15) is 0 Å². The minimum absolute atomic E-state index is 0.427. The van der Waals surface area contributed by atoms with E-state index in [1.165, 1.54) is 0 Å². The molecule has 0 aliphatic rings. The van der Waals surface area contributed by atoms with Crippen molar-refractivity contribution >= 4 is 22.6 Å². The monoisotopic (exact) mass is 230 g/mol. The zero-order valence-corrected chi connectivity index (χ0v) is 8.96. The van der Waals surface area contributed by atoms with Gasteiger partial charge in [0.1, 0.15) is 5.15 Å². The van der Waals surface area contributed by atoms with E-state index in [9.17, 15) is 0 Å². The lowest BCUT2D eigenvalue weighted by Crippen LogP contribution is -1.98. The quantitative estimate of drug-likeness (QED) is 0.603. The molecule has 0 amide bonds. The zero-order valence-electron chi connectivity index (χ0n) is 8.21. The van der Waals surface area contributed by atoms with Crippen LogP contribution in [-0.2, 0) is 0 Å². The van der Waals surface area contributed by atoms with Crippen molar-refractivity contribution in [2.75, 3.05) is 0 Å². The number of aromatic nitrogens is 4. The summed E-state index contributed by atoms with van der Waals surface area (Å²) >= 11 is 5.83. The Hall–Kier alpha value is -1.94. The number of rotatable bonds is 1. The molecule has 0 saturated heterocycles. The first-order valence-electron chi connectivity index (χ1n) is 4.75. The standard InChI is InChI=1S/C11H7ClN4/c12-10-3-6-14-11(15-10)16-7-4-8-9(16)2-1-5-13-8/h1-7H. The fourth-order valence-corrected chi connectivity index (χ4v) is 1.72. The van der Waals surface area contributed by atoms with Crippen LogP contribution in [0.15, 0.2) is 42.9 Å². The lowest BCUT2D eigenvalue weighted by Gasteiger charge is -2.02. The molecule has 3 rings (SSSR count). The molecule has 0 fully saturated rings. The maximum atomic E-state index is 5.83. The van der Waals surface area contributed by atoms with E-state index in [4.69, 9.17) is 11.6 Å². The zero-order chi connectivity index (χ0) is 11.0. The van der Waals surface area contributed by atoms with Crippen LogP contribution in [0.5, 0.6) is 0 Å². The summed E-state index contributed by atoms with van der Waals surface area (Å²) in [5.74, 6) is 0.551. The molecule has 0 aromatic carbocycles. The van der Waals surface area contributed by atoms with E-state index in [0.717, 1.165) is 11.0 Å². The Morgan fingerprint density at radius 1 is 1.06 bits per heavy atom. The van der Waals surface area contributed by atoms with Crippen molar-refractivity contribution in [3.05, 3.63) is 48.0 Å². The van der Waals surface area contributed by atoms with Gasteiger partial charge in [0.15, 0.2) is 0 Å². The average molecular weight is 231 g/mol. The molecule has 0 aliphatic carbocycles. The fourth-order valence-electron chi connectivity index (χ4n) is 1.58. The van der Waals surface area contributed by atoms with Crippen LogP contribution in [0.4, 0.5) is 0 Å². The predicted molar refractivity (Wildman–Crippen MR) is 61.7 cm³/mol. The van der Waals surface area contributed by atoms with Crippen molar-refractivity contribution < 1.29 is 0 Å². The second-order valence-electron chi connectivity index (χ2n) is 3.27. The molecule has 0 unspecified atom stereocenters. The summed E-state index contributed by atoms with van der Waals surface area (Å²) in [6, 6.07) is 7.41. The van der Waals surface area contributed by atoms with Crippen molar-refractivity contribution in [3.63, 3.8) is 0 Å². The smallest absolute Gasteiger partial charge is 0.235 e. The molecule has 0 N–H and O–H groups in total. The molecule has 5 heteroatoms. The number of halogens is 1. The van der Waals surface area contributed by atoms with Gasteiger partial charge in [-0.05, 0) is 24.3 Å². The van der Waals surface area contributed by atoms with Gasteiger partial charge in [0, 0.05) is 18.6 Å². The molecule has 0 aliphatic heterocycles. The SMILES string of the molecule is Clc1ccnc(-n2ccc3ncccc32)n1. The molecule has 3 aromatic heterocycles. The summed E-state index contributed by atoms with van der Waals surface area (Å²) in [7, 11) is 0. The third-order valence-electron chi connectivity index (χ3n) is 2.28. The van der Waals surface area contributed by atoms with Crippen LogP contribution in [-0.4, -0.2) is 19.5 Å². The first-order valence-corrected chi connectivity index (χ1v) is 5.13. The maximum absolute atomic E-state index is 5.83. The number of hydrogen-bond acceptors (Lipinski definition) is 3. The van der Waals surface area contributed by atoms with Crippen molar-refractivity contribution in [1.29, 1.82) is 0 Å². The Morgan fingerprint density at radius 3 is 2.88 bits per heavy atom. The predicted octanol–water partition coefficient (Wildman–Crippen LogP) is 2.47. The molecule has 3 heterocycles. The maximum Gasteiger partial charge on any atom is 0.235 e. The van der Waals surface area contributed by atoms with Crippen molar-refractivity contribution in [2.24, 2.45) is 0 Å². The van der Waals surface area contributed by atoms with Crippen molar-refractivity contribution in [3.8, 4) is 5.95 Å². The summed E-state index contributed by atoms with van der Waals surface area (Å²) in [6.45, 7) is 0. The second-order valence-corrected chi connectivity index (χ2v) is 3.66. The lowest BCUT2D eigenvalue weighted by atomic mass is 10.4. The van der Waals surface area contributed by atoms with Crippen LogP contribution < -0.4 is 0 Å². The Kier molecular flexibility index (Phi) is 2.08. The van der Waals surface area contributed by atoms with Gasteiger partial charge in [-0.15, -0.1) is 0 Å². The number of nitrogens with zero attached hydrogens (tertiary/aromatic N) is 4. The molecule has 78 valence electrons. The fraction of sp³-hybridized carbons (Fsp3) is 0. The van der Waals surface area contributed by atoms with Gasteiger partial charge in [0.2, 0.25) is 5.95 Å². The van der Waals surface area contributed by atoms with E-state index in [0.29, 0.717) is 11.1 Å². The number of pyridine rings is 1. The minimum Gasteiger partial charge on any atom is -0.284 e. The highest BCUT2D eigenvalue weighted by Gasteiger charge is 2.05. The van der Waals surface area contributed by atoms with Gasteiger partial charge in [-0.3, -0.25) is 9.55 Å². The molecular weight excluding hydrogens is 224 g/mol. The molecule has 16 heavy (non-hydrogen) atoms. The molecule has 0 radical (unpaired) electrons. The molecule has 0 spiro atoms. The Bertz CT molecular complexity index is 647. The van der Waals surface area contributed by atoms with Crippen LogP contribution >= 0.6 is 11.6 Å². The van der Waals surface area contributed by atoms with E-state index in [-0.39, 0.29) is 0 Å². The molecular formula is C11H7ClN4. The average Bonchev–Trinajstić information content (AvgIpc) is 2.72. The summed E-state index contributed by atoms with van der Waals surface area (Å²) in [5.41, 5.74) is 1.87. The largest absolute Gasteiger partial charge is 0.284 e. The Labute approximate surface area is 96.6 Å². The normalized spacial score (nSPS) is 10.8. The van der Waals surface area contributed by atoms with E-state index in [2.05, 4.69) is 15.0 Å².